The molecule has 0 radical (unpaired) electrons. The first-order valence-corrected chi connectivity index (χ1v) is 7.09. The van der Waals surface area contributed by atoms with Crippen LogP contribution in [0.3, 0.4) is 0 Å². The molecule has 0 amide bonds. The van der Waals surface area contributed by atoms with Crippen molar-refractivity contribution in [3.05, 3.63) is 41.0 Å². The second-order valence-electron chi connectivity index (χ2n) is 5.23. The summed E-state index contributed by atoms with van der Waals surface area (Å²) in [7, 11) is 0. The molecule has 0 spiro atoms. The molecule has 1 fully saturated rings. The third-order valence-electron chi connectivity index (χ3n) is 3.60. The van der Waals surface area contributed by atoms with Crippen LogP contribution in [0.15, 0.2) is 30.5 Å². The van der Waals surface area contributed by atoms with E-state index in [1.165, 1.54) is 5.56 Å². The van der Waals surface area contributed by atoms with E-state index >= 15 is 0 Å². The van der Waals surface area contributed by atoms with Crippen molar-refractivity contribution < 1.29 is 0 Å². The Balaban J connectivity index is 1.91. The van der Waals surface area contributed by atoms with Crippen LogP contribution >= 0.6 is 11.6 Å². The maximum atomic E-state index is 6.21. The highest BCUT2D eigenvalue weighted by Crippen LogP contribution is 2.23. The standard InChI is InChI=1S/C15H18ClN3/c1-11-9-19(6-5-17-11)10-13-8-14(16)7-12-3-2-4-18-15(12)13/h2-4,7-8,11,17H,5-6,9-10H2,1H3/t11-/m1/s1. The van der Waals surface area contributed by atoms with Crippen LogP contribution in [-0.2, 0) is 6.54 Å². The Morgan fingerprint density at radius 1 is 1.47 bits per heavy atom. The molecule has 1 aliphatic heterocycles. The summed E-state index contributed by atoms with van der Waals surface area (Å²) in [5, 5.41) is 5.37. The van der Waals surface area contributed by atoms with Gasteiger partial charge >= 0.3 is 0 Å². The van der Waals surface area contributed by atoms with Crippen LogP contribution in [-0.4, -0.2) is 35.6 Å². The number of hydrogen-bond acceptors (Lipinski definition) is 3. The lowest BCUT2D eigenvalue weighted by atomic mass is 10.1. The Hall–Kier alpha value is -1.16. The number of benzene rings is 1. The van der Waals surface area contributed by atoms with E-state index in [1.807, 2.05) is 24.4 Å². The number of nitrogens with zero attached hydrogens (tertiary/aromatic N) is 2. The average molecular weight is 276 g/mol. The van der Waals surface area contributed by atoms with Gasteiger partial charge in [-0.3, -0.25) is 9.88 Å². The Bertz CT molecular complexity index is 585. The van der Waals surface area contributed by atoms with Crippen molar-refractivity contribution in [2.24, 2.45) is 0 Å². The van der Waals surface area contributed by atoms with E-state index in [9.17, 15) is 0 Å². The van der Waals surface area contributed by atoms with Crippen molar-refractivity contribution in [2.45, 2.75) is 19.5 Å². The molecule has 0 saturated carbocycles. The summed E-state index contributed by atoms with van der Waals surface area (Å²) in [6.07, 6.45) is 1.85. The number of fused-ring (bicyclic) bond motifs is 1. The van der Waals surface area contributed by atoms with Gasteiger partial charge < -0.3 is 5.32 Å². The Morgan fingerprint density at radius 3 is 3.21 bits per heavy atom. The highest BCUT2D eigenvalue weighted by atomic mass is 35.5. The average Bonchev–Trinajstić information content (AvgIpc) is 2.38. The van der Waals surface area contributed by atoms with E-state index in [0.717, 1.165) is 42.1 Å². The zero-order valence-corrected chi connectivity index (χ0v) is 11.8. The molecule has 100 valence electrons. The summed E-state index contributed by atoms with van der Waals surface area (Å²) >= 11 is 6.21. The molecule has 3 rings (SSSR count). The number of rotatable bonds is 2. The van der Waals surface area contributed by atoms with Gasteiger partial charge in [0.15, 0.2) is 0 Å². The van der Waals surface area contributed by atoms with E-state index < -0.39 is 0 Å². The first-order valence-electron chi connectivity index (χ1n) is 6.71. The first-order chi connectivity index (χ1) is 9.22. The molecule has 3 nitrogen and oxygen atoms in total. The van der Waals surface area contributed by atoms with Crippen molar-refractivity contribution in [3.63, 3.8) is 0 Å². The van der Waals surface area contributed by atoms with Crippen LogP contribution in [0.2, 0.25) is 5.02 Å². The van der Waals surface area contributed by atoms with Crippen LogP contribution in [0.25, 0.3) is 10.9 Å². The molecule has 1 N–H and O–H groups in total. The first kappa shape index (κ1) is 12.9. The number of piperazine rings is 1. The van der Waals surface area contributed by atoms with Gasteiger partial charge in [0.2, 0.25) is 0 Å². The Kier molecular flexibility index (Phi) is 3.69. The minimum Gasteiger partial charge on any atom is -0.312 e. The molecule has 4 heteroatoms. The molecule has 19 heavy (non-hydrogen) atoms. The van der Waals surface area contributed by atoms with Gasteiger partial charge in [-0.2, -0.15) is 0 Å². The van der Waals surface area contributed by atoms with Crippen molar-refractivity contribution in [1.29, 1.82) is 0 Å². The third kappa shape index (κ3) is 2.89. The van der Waals surface area contributed by atoms with Gasteiger partial charge in [-0.15, -0.1) is 0 Å². The molecule has 2 aromatic rings. The lowest BCUT2D eigenvalue weighted by Gasteiger charge is -2.32. The quantitative estimate of drug-likeness (QED) is 0.913. The summed E-state index contributed by atoms with van der Waals surface area (Å²) in [4.78, 5) is 6.97. The number of hydrogen-bond donors (Lipinski definition) is 1. The van der Waals surface area contributed by atoms with Crippen LogP contribution in [0.1, 0.15) is 12.5 Å². The minimum absolute atomic E-state index is 0.548. The molecular formula is C15H18ClN3. The molecule has 0 bridgehead atoms. The van der Waals surface area contributed by atoms with E-state index in [4.69, 9.17) is 11.6 Å². The monoisotopic (exact) mass is 275 g/mol. The Labute approximate surface area is 118 Å². The molecule has 0 unspecified atom stereocenters. The molecule has 1 aliphatic rings. The smallest absolute Gasteiger partial charge is 0.0747 e. The van der Waals surface area contributed by atoms with Crippen molar-refractivity contribution >= 4 is 22.5 Å². The lowest BCUT2D eigenvalue weighted by molar-refractivity contribution is 0.200. The van der Waals surface area contributed by atoms with Crippen molar-refractivity contribution in [1.82, 2.24) is 15.2 Å². The molecule has 1 atom stereocenters. The van der Waals surface area contributed by atoms with Crippen LogP contribution in [0.4, 0.5) is 0 Å². The van der Waals surface area contributed by atoms with E-state index in [1.54, 1.807) is 0 Å². The van der Waals surface area contributed by atoms with E-state index in [0.29, 0.717) is 6.04 Å². The summed E-state index contributed by atoms with van der Waals surface area (Å²) in [5.74, 6) is 0. The van der Waals surface area contributed by atoms with Crippen LogP contribution < -0.4 is 5.32 Å². The number of halogens is 1. The molecular weight excluding hydrogens is 258 g/mol. The molecule has 0 aliphatic carbocycles. The zero-order chi connectivity index (χ0) is 13.2. The predicted molar refractivity (Wildman–Crippen MR) is 79.5 cm³/mol. The van der Waals surface area contributed by atoms with Gasteiger partial charge in [-0.05, 0) is 30.7 Å². The van der Waals surface area contributed by atoms with Gasteiger partial charge in [0, 0.05) is 48.8 Å². The van der Waals surface area contributed by atoms with Crippen LogP contribution in [0, 0.1) is 0 Å². The Morgan fingerprint density at radius 2 is 2.37 bits per heavy atom. The van der Waals surface area contributed by atoms with Gasteiger partial charge in [0.05, 0.1) is 5.52 Å². The second-order valence-corrected chi connectivity index (χ2v) is 5.67. The van der Waals surface area contributed by atoms with Gasteiger partial charge in [-0.1, -0.05) is 17.7 Å². The van der Waals surface area contributed by atoms with E-state index in [2.05, 4.69) is 28.2 Å². The largest absolute Gasteiger partial charge is 0.312 e. The van der Waals surface area contributed by atoms with E-state index in [-0.39, 0.29) is 0 Å². The molecule has 1 saturated heterocycles. The molecule has 1 aromatic heterocycles. The SMILES string of the molecule is C[C@@H]1CN(Cc2cc(Cl)cc3cccnc23)CCN1. The number of pyridine rings is 1. The summed E-state index contributed by atoms with van der Waals surface area (Å²) in [6.45, 7) is 6.33. The minimum atomic E-state index is 0.548. The topological polar surface area (TPSA) is 28.2 Å². The highest BCUT2D eigenvalue weighted by molar-refractivity contribution is 6.31. The maximum absolute atomic E-state index is 6.21. The fourth-order valence-electron chi connectivity index (χ4n) is 2.74. The van der Waals surface area contributed by atoms with Gasteiger partial charge in [-0.25, -0.2) is 0 Å². The second kappa shape index (κ2) is 5.45. The third-order valence-corrected chi connectivity index (χ3v) is 3.81. The van der Waals surface area contributed by atoms with Crippen LogP contribution in [0.5, 0.6) is 0 Å². The van der Waals surface area contributed by atoms with Crippen molar-refractivity contribution in [3.8, 4) is 0 Å². The highest BCUT2D eigenvalue weighted by Gasteiger charge is 2.17. The molecule has 2 heterocycles. The predicted octanol–water partition coefficient (Wildman–Crippen LogP) is 2.68. The maximum Gasteiger partial charge on any atom is 0.0747 e. The van der Waals surface area contributed by atoms with Crippen molar-refractivity contribution in [2.75, 3.05) is 19.6 Å². The molecule has 1 aromatic carbocycles. The fraction of sp³-hybridized carbons (Fsp3) is 0.400. The normalized spacial score (nSPS) is 20.8. The number of aromatic nitrogens is 1. The zero-order valence-electron chi connectivity index (χ0n) is 11.1. The summed E-state index contributed by atoms with van der Waals surface area (Å²) in [5.41, 5.74) is 2.29. The summed E-state index contributed by atoms with van der Waals surface area (Å²) in [6, 6.07) is 8.59. The van der Waals surface area contributed by atoms with Gasteiger partial charge in [0.25, 0.3) is 0 Å². The summed E-state index contributed by atoms with van der Waals surface area (Å²) < 4.78 is 0. The lowest BCUT2D eigenvalue weighted by Crippen LogP contribution is -2.48. The van der Waals surface area contributed by atoms with Gasteiger partial charge in [0.1, 0.15) is 0 Å². The fourth-order valence-corrected chi connectivity index (χ4v) is 2.99. The number of nitrogens with one attached hydrogen (secondary N) is 1.